The zero-order chi connectivity index (χ0) is 18.9. The van der Waals surface area contributed by atoms with Crippen molar-refractivity contribution in [1.82, 2.24) is 30.5 Å². The van der Waals surface area contributed by atoms with Gasteiger partial charge < -0.3 is 10.3 Å². The molecule has 138 valence electrons. The average Bonchev–Trinajstić information content (AvgIpc) is 3.35. The van der Waals surface area contributed by atoms with E-state index < -0.39 is 0 Å². The Morgan fingerprint density at radius 1 is 0.929 bits per heavy atom. The van der Waals surface area contributed by atoms with E-state index in [0.717, 1.165) is 57.4 Å². The highest BCUT2D eigenvalue weighted by molar-refractivity contribution is 5.97. The summed E-state index contributed by atoms with van der Waals surface area (Å²) in [7, 11) is 0. The van der Waals surface area contributed by atoms with Gasteiger partial charge >= 0.3 is 0 Å². The van der Waals surface area contributed by atoms with Crippen molar-refractivity contribution in [3.8, 4) is 22.5 Å². The van der Waals surface area contributed by atoms with Gasteiger partial charge in [-0.2, -0.15) is 5.10 Å². The molecule has 6 heteroatoms. The van der Waals surface area contributed by atoms with E-state index in [0.29, 0.717) is 0 Å². The Morgan fingerprint density at radius 2 is 1.89 bits per heavy atom. The number of hydrogen-bond donors (Lipinski definition) is 3. The third-order valence-corrected chi connectivity index (χ3v) is 4.95. The van der Waals surface area contributed by atoms with Crippen LogP contribution in [0.15, 0.2) is 61.2 Å². The molecule has 0 radical (unpaired) electrons. The summed E-state index contributed by atoms with van der Waals surface area (Å²) in [6.07, 6.45) is 7.46. The number of aromatic nitrogens is 5. The topological polar surface area (TPSA) is 82.3 Å². The molecule has 28 heavy (non-hydrogen) atoms. The first kappa shape index (κ1) is 16.6. The van der Waals surface area contributed by atoms with Gasteiger partial charge in [-0.3, -0.25) is 15.1 Å². The van der Waals surface area contributed by atoms with Crippen molar-refractivity contribution < 1.29 is 0 Å². The predicted molar refractivity (Wildman–Crippen MR) is 112 cm³/mol. The first-order chi connectivity index (χ1) is 13.8. The summed E-state index contributed by atoms with van der Waals surface area (Å²) in [6, 6.07) is 12.6. The normalized spacial score (nSPS) is 11.5. The van der Waals surface area contributed by atoms with Crippen molar-refractivity contribution in [2.24, 2.45) is 0 Å². The first-order valence-electron chi connectivity index (χ1n) is 9.38. The molecule has 3 N–H and O–H groups in total. The van der Waals surface area contributed by atoms with Crippen molar-refractivity contribution in [2.75, 3.05) is 6.54 Å². The van der Waals surface area contributed by atoms with E-state index in [1.165, 1.54) is 5.56 Å². The van der Waals surface area contributed by atoms with Gasteiger partial charge in [0, 0.05) is 53.2 Å². The van der Waals surface area contributed by atoms with Crippen LogP contribution < -0.4 is 5.32 Å². The smallest absolute Gasteiger partial charge is 0.116 e. The summed E-state index contributed by atoms with van der Waals surface area (Å²) < 4.78 is 0. The van der Waals surface area contributed by atoms with Crippen LogP contribution in [-0.4, -0.2) is 31.7 Å². The molecular formula is C22H20N6. The van der Waals surface area contributed by atoms with Gasteiger partial charge in [-0.25, -0.2) is 0 Å². The average molecular weight is 368 g/mol. The molecule has 5 aromatic rings. The molecule has 4 aromatic heterocycles. The number of H-pyrrole nitrogens is 2. The third-order valence-electron chi connectivity index (χ3n) is 4.95. The highest BCUT2D eigenvalue weighted by Crippen LogP contribution is 2.31. The van der Waals surface area contributed by atoms with Crippen LogP contribution in [0.2, 0.25) is 0 Å². The van der Waals surface area contributed by atoms with Crippen molar-refractivity contribution in [1.29, 1.82) is 0 Å². The van der Waals surface area contributed by atoms with E-state index in [-0.39, 0.29) is 0 Å². The molecule has 0 spiro atoms. The zero-order valence-corrected chi connectivity index (χ0v) is 15.5. The van der Waals surface area contributed by atoms with Gasteiger partial charge in [0.05, 0.1) is 11.2 Å². The van der Waals surface area contributed by atoms with Gasteiger partial charge in [-0.15, -0.1) is 0 Å². The lowest BCUT2D eigenvalue weighted by molar-refractivity contribution is 0.724. The monoisotopic (exact) mass is 368 g/mol. The maximum Gasteiger partial charge on any atom is 0.116 e. The Kier molecular flexibility index (Phi) is 4.10. The van der Waals surface area contributed by atoms with Gasteiger partial charge in [0.25, 0.3) is 0 Å². The van der Waals surface area contributed by atoms with Gasteiger partial charge in [0.1, 0.15) is 5.69 Å². The minimum Gasteiger partial charge on any atom is -0.353 e. The second-order valence-corrected chi connectivity index (χ2v) is 6.84. The fourth-order valence-electron chi connectivity index (χ4n) is 3.51. The van der Waals surface area contributed by atoms with Crippen molar-refractivity contribution >= 4 is 21.8 Å². The summed E-state index contributed by atoms with van der Waals surface area (Å²) >= 11 is 0. The second-order valence-electron chi connectivity index (χ2n) is 6.84. The lowest BCUT2D eigenvalue weighted by Gasteiger charge is -2.06. The number of fused-ring (bicyclic) bond motifs is 2. The Morgan fingerprint density at radius 3 is 2.79 bits per heavy atom. The maximum absolute atomic E-state index is 4.55. The van der Waals surface area contributed by atoms with E-state index in [4.69, 9.17) is 0 Å². The summed E-state index contributed by atoms with van der Waals surface area (Å²) in [5, 5.41) is 13.2. The fraction of sp³-hybridized carbons (Fsp3) is 0.136. The highest BCUT2D eigenvalue weighted by atomic mass is 15.1. The van der Waals surface area contributed by atoms with Gasteiger partial charge in [-0.05, 0) is 48.0 Å². The number of pyridine rings is 2. The number of nitrogens with one attached hydrogen (secondary N) is 3. The molecule has 0 fully saturated rings. The highest BCUT2D eigenvalue weighted by Gasteiger charge is 2.12. The summed E-state index contributed by atoms with van der Waals surface area (Å²) in [5.74, 6) is 0. The van der Waals surface area contributed by atoms with Crippen LogP contribution in [0.3, 0.4) is 0 Å². The molecule has 5 rings (SSSR count). The Labute approximate surface area is 162 Å². The largest absolute Gasteiger partial charge is 0.353 e. The lowest BCUT2D eigenvalue weighted by atomic mass is 10.0. The van der Waals surface area contributed by atoms with E-state index in [2.05, 4.69) is 67.7 Å². The van der Waals surface area contributed by atoms with Crippen LogP contribution in [0.25, 0.3) is 44.3 Å². The van der Waals surface area contributed by atoms with Crippen molar-refractivity contribution in [2.45, 2.75) is 13.5 Å². The number of hydrogen-bond acceptors (Lipinski definition) is 4. The first-order valence-corrected chi connectivity index (χ1v) is 9.38. The van der Waals surface area contributed by atoms with Crippen molar-refractivity contribution in [3.05, 3.63) is 66.7 Å². The zero-order valence-electron chi connectivity index (χ0n) is 15.5. The third kappa shape index (κ3) is 2.93. The van der Waals surface area contributed by atoms with Crippen LogP contribution in [0.1, 0.15) is 12.5 Å². The standard InChI is InChI=1S/C22H20N6/c1-2-23-10-14-7-16(12-25-11-14)15-3-4-20-18(8-15)22(28-27-20)21-9-17-13-24-6-5-19(17)26-21/h3-9,11-13,23,26H,2,10H2,1H3,(H,27,28). The van der Waals surface area contributed by atoms with Crippen LogP contribution in [-0.2, 0) is 6.54 Å². The van der Waals surface area contributed by atoms with E-state index >= 15 is 0 Å². The molecular weight excluding hydrogens is 348 g/mol. The summed E-state index contributed by atoms with van der Waals surface area (Å²) in [5.41, 5.74) is 7.35. The molecule has 0 aliphatic heterocycles. The van der Waals surface area contributed by atoms with Crippen LogP contribution >= 0.6 is 0 Å². The lowest BCUT2D eigenvalue weighted by Crippen LogP contribution is -2.11. The molecule has 0 aliphatic rings. The minimum absolute atomic E-state index is 0.819. The molecule has 0 atom stereocenters. The van der Waals surface area contributed by atoms with Gasteiger partial charge in [0.2, 0.25) is 0 Å². The molecule has 0 aliphatic carbocycles. The number of rotatable bonds is 5. The molecule has 1 aromatic carbocycles. The van der Waals surface area contributed by atoms with E-state index in [9.17, 15) is 0 Å². The molecule has 0 bridgehead atoms. The molecule has 0 saturated carbocycles. The Hall–Kier alpha value is -3.51. The molecule has 0 amide bonds. The van der Waals surface area contributed by atoms with E-state index in [1.54, 1.807) is 6.20 Å². The molecule has 0 unspecified atom stereocenters. The maximum atomic E-state index is 4.55. The Balaban J connectivity index is 1.58. The van der Waals surface area contributed by atoms with Gasteiger partial charge in [-0.1, -0.05) is 13.0 Å². The molecule has 4 heterocycles. The Bertz CT molecular complexity index is 1230. The number of benzene rings is 1. The number of aromatic amines is 2. The SMILES string of the molecule is CCNCc1cncc(-c2ccc3[nH]nc(-c4cc5cnccc5[nH]4)c3c2)c1. The fourth-order valence-corrected chi connectivity index (χ4v) is 3.51. The summed E-state index contributed by atoms with van der Waals surface area (Å²) in [4.78, 5) is 12.0. The summed E-state index contributed by atoms with van der Waals surface area (Å²) in [6.45, 7) is 3.86. The minimum atomic E-state index is 0.819. The molecule has 6 nitrogen and oxygen atoms in total. The quantitative estimate of drug-likeness (QED) is 0.432. The van der Waals surface area contributed by atoms with Gasteiger partial charge in [0.15, 0.2) is 0 Å². The van der Waals surface area contributed by atoms with E-state index in [1.807, 2.05) is 24.7 Å². The second kappa shape index (κ2) is 6.90. The van der Waals surface area contributed by atoms with Crippen LogP contribution in [0.5, 0.6) is 0 Å². The molecule has 0 saturated heterocycles. The van der Waals surface area contributed by atoms with Crippen LogP contribution in [0, 0.1) is 0 Å². The van der Waals surface area contributed by atoms with Crippen LogP contribution in [0.4, 0.5) is 0 Å². The van der Waals surface area contributed by atoms with Crippen molar-refractivity contribution in [3.63, 3.8) is 0 Å². The predicted octanol–water partition coefficient (Wildman–Crippen LogP) is 4.28. The number of nitrogens with zero attached hydrogens (tertiary/aromatic N) is 3.